The predicted molar refractivity (Wildman–Crippen MR) is 436 cm³/mol. The molecule has 10 aliphatic rings. The zero-order valence-electron chi connectivity index (χ0n) is 60.6. The van der Waals surface area contributed by atoms with Crippen LogP contribution in [0.5, 0.6) is 23.0 Å². The molecule has 0 saturated carbocycles. The molecule has 0 N–H and O–H groups in total. The minimum atomic E-state index is -7.91. The molecule has 2 fully saturated rings. The van der Waals surface area contributed by atoms with Crippen molar-refractivity contribution in [3.8, 4) is 23.0 Å². The predicted octanol–water partition coefficient (Wildman–Crippen LogP) is 24.9. The van der Waals surface area contributed by atoms with E-state index in [1.807, 2.05) is 0 Å². The number of ether oxygens (including phenoxy) is 4. The normalized spacial score (nSPS) is 29.6. The zero-order valence-corrected chi connectivity index (χ0v) is 66.9. The van der Waals surface area contributed by atoms with Crippen molar-refractivity contribution in [2.24, 2.45) is 0 Å². The molecule has 5 spiro atoms. The van der Waals surface area contributed by atoms with Crippen molar-refractivity contribution in [3.05, 3.63) is 356 Å². The quantitative estimate of drug-likeness (QED) is 0.114. The summed E-state index contributed by atoms with van der Waals surface area (Å²) in [5, 5.41) is 9.36. The Hall–Kier alpha value is -8.26. The van der Waals surface area contributed by atoms with Crippen molar-refractivity contribution >= 4 is 77.7 Å². The Bertz CT molecular complexity index is 5000. The first-order chi connectivity index (χ1) is 50.1. The van der Waals surface area contributed by atoms with E-state index >= 15 is 0 Å². The van der Waals surface area contributed by atoms with Crippen LogP contribution in [0.1, 0.15) is 99.3 Å². The van der Waals surface area contributed by atoms with Gasteiger partial charge in [-0.05, 0) is 0 Å². The van der Waals surface area contributed by atoms with E-state index in [0.29, 0.717) is 0 Å². The molecule has 2 heterocycles. The van der Waals surface area contributed by atoms with Gasteiger partial charge in [0.05, 0.1) is 0 Å². The first-order valence-electron chi connectivity index (χ1n) is 37.4. The average molecular weight is 1500 g/mol. The number of hydrogen-bond donors (Lipinski definition) is 0. The van der Waals surface area contributed by atoms with Gasteiger partial charge in [0.25, 0.3) is 0 Å². The summed E-state index contributed by atoms with van der Waals surface area (Å²) in [6.07, 6.45) is 53.3. The third-order valence-electron chi connectivity index (χ3n) is 27.7. The molecule has 18 rings (SSSR count). The summed E-state index contributed by atoms with van der Waals surface area (Å²) in [5.41, 5.74) is 21.7. The summed E-state index contributed by atoms with van der Waals surface area (Å²) in [7, 11) is 25.4. The van der Waals surface area contributed by atoms with Gasteiger partial charge in [0, 0.05) is 0 Å². The summed E-state index contributed by atoms with van der Waals surface area (Å²) >= 11 is -7.91. The fraction of sp³-hybridized carbons (Fsp3) is 0.234. The molecule has 8 aliphatic carbocycles. The molecule has 2 saturated heterocycles. The van der Waals surface area contributed by atoms with Gasteiger partial charge in [0.2, 0.25) is 0 Å². The number of allylic oxidation sites excluding steroid dienone is 32. The second-order valence-corrected chi connectivity index (χ2v) is 70.5. The van der Waals surface area contributed by atoms with E-state index < -0.39 is 43.5 Å². The fourth-order valence-electron chi connectivity index (χ4n) is 24.7. The van der Waals surface area contributed by atoms with Gasteiger partial charge >= 0.3 is 620 Å². The van der Waals surface area contributed by atoms with E-state index in [0.717, 1.165) is 70.2 Å². The first kappa shape index (κ1) is 66.7. The van der Waals surface area contributed by atoms with Crippen molar-refractivity contribution in [1.82, 2.24) is 0 Å². The summed E-state index contributed by atoms with van der Waals surface area (Å²) in [5.74, 6) is 3.01. The Kier molecular flexibility index (Phi) is 15.3. The van der Waals surface area contributed by atoms with Gasteiger partial charge < -0.3 is 0 Å². The van der Waals surface area contributed by atoms with Gasteiger partial charge in [-0.15, -0.1) is 0 Å². The van der Waals surface area contributed by atoms with Crippen LogP contribution < -0.4 is 18.9 Å². The Morgan fingerprint density at radius 3 is 0.738 bits per heavy atom. The van der Waals surface area contributed by atoms with Crippen molar-refractivity contribution in [1.29, 1.82) is 0 Å². The Morgan fingerprint density at radius 2 is 0.524 bits per heavy atom. The third kappa shape index (κ3) is 7.72. The topological polar surface area (TPSA) is 36.9 Å². The molecule has 0 aromatic heterocycles. The van der Waals surface area contributed by atoms with Gasteiger partial charge in [-0.2, -0.15) is 0 Å². The maximum absolute atomic E-state index is 11.9. The number of rotatable bonds is 12. The molecule has 0 bridgehead atoms. The molecule has 0 radical (unpaired) electrons. The fourth-order valence-corrected chi connectivity index (χ4v) is 148. The van der Waals surface area contributed by atoms with E-state index in [9.17, 15) is 17.0 Å². The van der Waals surface area contributed by atoms with Crippen LogP contribution in [0, 0.1) is 0 Å². The molecule has 8 aromatic rings. The van der Waals surface area contributed by atoms with Gasteiger partial charge in [0.1, 0.15) is 0 Å². The van der Waals surface area contributed by atoms with Gasteiger partial charge in [-0.1, -0.05) is 0 Å². The Labute approximate surface area is 615 Å². The monoisotopic (exact) mass is 1500 g/mol. The Morgan fingerprint density at radius 1 is 0.311 bits per heavy atom. The molecule has 8 atom stereocenters. The molecule has 8 aromatic carbocycles. The molecule has 2 aliphatic heterocycles. The zero-order chi connectivity index (χ0) is 70.8. The summed E-state index contributed by atoms with van der Waals surface area (Å²) in [6, 6.07) is 54.5. The van der Waals surface area contributed by atoms with E-state index in [-0.39, 0.29) is 23.7 Å². The van der Waals surface area contributed by atoms with Crippen LogP contribution in [-0.4, -0.2) is 46.0 Å². The summed E-state index contributed by atoms with van der Waals surface area (Å²) in [6.45, 7) is 15.5. The third-order valence-corrected chi connectivity index (χ3v) is 112. The van der Waals surface area contributed by atoms with E-state index in [4.69, 9.17) is 18.9 Å². The number of methoxy groups -OCH3 is 4. The summed E-state index contributed by atoms with van der Waals surface area (Å²) < 4.78 is 20.2. The van der Waals surface area contributed by atoms with Gasteiger partial charge in [0.15, 0.2) is 0 Å². The molecule has 514 valence electrons. The van der Waals surface area contributed by atoms with E-state index in [1.165, 1.54) is 111 Å². The molecular formula is C94H88Cl2O4Si2Zr. The number of hydrogen-bond acceptors (Lipinski definition) is 4. The van der Waals surface area contributed by atoms with Crippen LogP contribution in [0.25, 0.3) is 43.1 Å². The van der Waals surface area contributed by atoms with Crippen molar-refractivity contribution in [2.75, 3.05) is 28.4 Å². The number of benzene rings is 8. The summed E-state index contributed by atoms with van der Waals surface area (Å²) in [4.78, 5) is 0. The van der Waals surface area contributed by atoms with Crippen molar-refractivity contribution in [3.63, 3.8) is 0 Å². The first-order valence-corrected chi connectivity index (χ1v) is 53.3. The Balaban J connectivity index is 1.02. The van der Waals surface area contributed by atoms with Crippen LogP contribution in [0.4, 0.5) is 0 Å². The van der Waals surface area contributed by atoms with Crippen LogP contribution in [0.15, 0.2) is 334 Å². The van der Waals surface area contributed by atoms with Crippen LogP contribution >= 0.6 is 17.0 Å². The van der Waals surface area contributed by atoms with Crippen LogP contribution in [0.3, 0.4) is 0 Å². The van der Waals surface area contributed by atoms with Crippen molar-refractivity contribution in [2.45, 2.75) is 101 Å². The molecule has 103 heavy (non-hydrogen) atoms. The average Bonchev–Trinajstić information content (AvgIpc) is 1.51. The minimum absolute atomic E-state index is 0.101. The SMILES string of the molecule is CCC1=CC2=C(C=CC=CC2c2ccc3cc(OC)ccc3c2)[C]12[SiH](C)[C]1(C(CC)=CC3=C1C=CC=CC3c1ccc3cc(OC)ccc3c1)[Zr]21([Cl])([Cl])[C]2(C(CC)=CC3=C2C=CC=CC3c2ccc3cc(OC)ccc3c2)[SiH](C)[C]12C(CC)=CC1=C2C=CC=CC1c1ccc2cc(OC)ccc2c1. The van der Waals surface area contributed by atoms with E-state index in [1.54, 1.807) is 28.4 Å². The van der Waals surface area contributed by atoms with Gasteiger partial charge in [-0.3, -0.25) is 0 Å². The molecule has 9 heteroatoms. The van der Waals surface area contributed by atoms with Gasteiger partial charge in [-0.25, -0.2) is 0 Å². The molecule has 8 unspecified atom stereocenters. The molecular weight excluding hydrogens is 1410 g/mol. The standard InChI is InChI=1S/2C47H44O2Si.2ClH.Zr/c2*1-6-30-28-44-40(36-18-16-34-26-38(48-3)22-20-32(34)24-36)12-8-10-14-42(44)46(30)50(5)47-31(7-2)29-45-41(13-9-11-15-43(45)47)37-19-17-35-27-39(49-4)23-21-33(35)25-37;;;/h2*8-29,40-41,50H,6-7H2,1-5H3;2*1H;/q;;;;+2/p-2. The van der Waals surface area contributed by atoms with Crippen LogP contribution in [0.2, 0.25) is 24.1 Å². The van der Waals surface area contributed by atoms with Crippen molar-refractivity contribution < 1.29 is 33.9 Å². The maximum atomic E-state index is 11.9. The second-order valence-electron chi connectivity index (χ2n) is 30.6. The second kappa shape index (κ2) is 23.6. The molecule has 4 nitrogen and oxygen atoms in total. The number of halogens is 2. The van der Waals surface area contributed by atoms with Crippen LogP contribution in [-0.2, 0) is 14.9 Å². The number of fused-ring (bicyclic) bond motifs is 12. The van der Waals surface area contributed by atoms with E-state index in [2.05, 4.69) is 308 Å². The molecule has 0 amide bonds.